The molecule has 1 heterocycles. The minimum Gasteiger partial charge on any atom is -0.490 e. The Bertz CT molecular complexity index is 1430. The van der Waals surface area contributed by atoms with Gasteiger partial charge in [-0.15, -0.1) is 0 Å². The first-order valence-electron chi connectivity index (χ1n) is 10.6. The van der Waals surface area contributed by atoms with Crippen LogP contribution >= 0.6 is 50.1 Å². The summed E-state index contributed by atoms with van der Waals surface area (Å²) in [6.07, 6.45) is 1.55. The fourth-order valence-electron chi connectivity index (χ4n) is 3.33. The van der Waals surface area contributed by atoms with Crippen molar-refractivity contribution in [2.75, 3.05) is 6.61 Å². The monoisotopic (exact) mass is 682 g/mol. The lowest BCUT2D eigenvalue weighted by atomic mass is 10.1. The van der Waals surface area contributed by atoms with Gasteiger partial charge in [-0.25, -0.2) is 9.79 Å². The Morgan fingerprint density at radius 1 is 1.19 bits per heavy atom. The van der Waals surface area contributed by atoms with Gasteiger partial charge in [0.1, 0.15) is 6.61 Å². The molecular weight excluding hydrogens is 667 g/mol. The standard InChI is InChI=1S/C25H17BrClIN2O6/c1-2-34-22-11-15(9-19(26)23(22)35-13-14-4-3-5-16(28)8-14)10-21-25(31)36-24(29-21)18-7-6-17(30(32)33)12-20(18)27/h3-12H,2,13H2,1H3/b21-10-. The zero-order chi connectivity index (χ0) is 25.8. The molecule has 11 heteroatoms. The number of non-ortho nitro benzene ring substituents is 1. The van der Waals surface area contributed by atoms with E-state index in [-0.39, 0.29) is 27.9 Å². The van der Waals surface area contributed by atoms with E-state index >= 15 is 0 Å². The highest BCUT2D eigenvalue weighted by atomic mass is 127. The van der Waals surface area contributed by atoms with Gasteiger partial charge >= 0.3 is 5.97 Å². The van der Waals surface area contributed by atoms with E-state index in [0.717, 1.165) is 9.13 Å². The van der Waals surface area contributed by atoms with Crippen molar-refractivity contribution in [3.8, 4) is 11.5 Å². The molecule has 0 spiro atoms. The number of benzene rings is 3. The van der Waals surface area contributed by atoms with Crippen molar-refractivity contribution in [3.05, 3.63) is 100 Å². The molecule has 0 atom stereocenters. The summed E-state index contributed by atoms with van der Waals surface area (Å²) in [4.78, 5) is 27.1. The predicted octanol–water partition coefficient (Wildman–Crippen LogP) is 6.94. The van der Waals surface area contributed by atoms with E-state index in [0.29, 0.717) is 34.7 Å². The molecule has 0 amide bonds. The van der Waals surface area contributed by atoms with Crippen LogP contribution in [-0.4, -0.2) is 23.4 Å². The average Bonchev–Trinajstić information content (AvgIpc) is 3.18. The van der Waals surface area contributed by atoms with E-state index in [1.54, 1.807) is 18.2 Å². The summed E-state index contributed by atoms with van der Waals surface area (Å²) in [6.45, 7) is 2.63. The van der Waals surface area contributed by atoms with Gasteiger partial charge < -0.3 is 14.2 Å². The second-order valence-corrected chi connectivity index (χ2v) is 9.95. The van der Waals surface area contributed by atoms with Crippen LogP contribution in [0.5, 0.6) is 11.5 Å². The number of halogens is 3. The largest absolute Gasteiger partial charge is 0.490 e. The second kappa shape index (κ2) is 11.4. The highest BCUT2D eigenvalue weighted by Crippen LogP contribution is 2.38. The number of esters is 1. The Balaban J connectivity index is 1.62. The van der Waals surface area contributed by atoms with E-state index in [4.69, 9.17) is 25.8 Å². The van der Waals surface area contributed by atoms with Crippen LogP contribution in [0.15, 0.2) is 69.8 Å². The summed E-state index contributed by atoms with van der Waals surface area (Å²) >= 11 is 11.9. The van der Waals surface area contributed by atoms with Crippen LogP contribution in [0.4, 0.5) is 5.69 Å². The fourth-order valence-corrected chi connectivity index (χ4v) is 4.77. The number of nitro groups is 1. The maximum Gasteiger partial charge on any atom is 0.363 e. The van der Waals surface area contributed by atoms with Gasteiger partial charge in [0, 0.05) is 15.7 Å². The van der Waals surface area contributed by atoms with Crippen molar-refractivity contribution < 1.29 is 23.9 Å². The lowest BCUT2D eigenvalue weighted by molar-refractivity contribution is -0.384. The Labute approximate surface area is 233 Å². The quantitative estimate of drug-likeness (QED) is 0.0839. The van der Waals surface area contributed by atoms with Crippen molar-refractivity contribution in [1.29, 1.82) is 0 Å². The van der Waals surface area contributed by atoms with E-state index in [2.05, 4.69) is 43.5 Å². The molecule has 8 nitrogen and oxygen atoms in total. The Morgan fingerprint density at radius 3 is 2.69 bits per heavy atom. The third kappa shape index (κ3) is 6.05. The number of carbonyl (C=O) groups is 1. The number of carbonyl (C=O) groups excluding carboxylic acids is 1. The normalized spacial score (nSPS) is 13.9. The molecule has 0 fully saturated rings. The van der Waals surface area contributed by atoms with Gasteiger partial charge in [-0.05, 0) is 93.0 Å². The highest BCUT2D eigenvalue weighted by Gasteiger charge is 2.27. The van der Waals surface area contributed by atoms with Gasteiger partial charge in [0.05, 0.1) is 26.6 Å². The molecule has 0 aliphatic carbocycles. The number of hydrogen-bond donors (Lipinski definition) is 0. The summed E-state index contributed by atoms with van der Waals surface area (Å²) in [5, 5.41) is 11.0. The Hall–Kier alpha value is -2.96. The zero-order valence-corrected chi connectivity index (χ0v) is 23.2. The molecule has 0 bridgehead atoms. The van der Waals surface area contributed by atoms with Crippen LogP contribution in [0, 0.1) is 13.7 Å². The SMILES string of the molecule is CCOc1cc(/C=C2\N=C(c3ccc([N+](=O)[O-])cc3Cl)OC2=O)cc(Br)c1OCc1cccc(I)c1. The van der Waals surface area contributed by atoms with Crippen molar-refractivity contribution in [1.82, 2.24) is 0 Å². The van der Waals surface area contributed by atoms with Crippen molar-refractivity contribution in [2.24, 2.45) is 4.99 Å². The molecule has 3 aromatic rings. The molecule has 0 saturated carbocycles. The molecule has 1 aliphatic heterocycles. The highest BCUT2D eigenvalue weighted by molar-refractivity contribution is 14.1. The molecule has 3 aromatic carbocycles. The molecule has 36 heavy (non-hydrogen) atoms. The van der Waals surface area contributed by atoms with Gasteiger partial charge in [0.25, 0.3) is 5.69 Å². The number of nitrogens with zero attached hydrogens (tertiary/aromatic N) is 2. The zero-order valence-electron chi connectivity index (χ0n) is 18.7. The predicted molar refractivity (Wildman–Crippen MR) is 148 cm³/mol. The molecule has 0 saturated heterocycles. The number of rotatable bonds is 8. The summed E-state index contributed by atoms with van der Waals surface area (Å²) < 4.78 is 18.8. The first-order chi connectivity index (χ1) is 17.2. The summed E-state index contributed by atoms with van der Waals surface area (Å²) in [7, 11) is 0. The minimum absolute atomic E-state index is 0.0345. The summed E-state index contributed by atoms with van der Waals surface area (Å²) in [5.41, 5.74) is 1.78. The number of nitro benzene ring substituents is 1. The third-order valence-corrected chi connectivity index (χ3v) is 6.49. The van der Waals surface area contributed by atoms with Crippen LogP contribution in [0.2, 0.25) is 5.02 Å². The number of hydrogen-bond acceptors (Lipinski definition) is 7. The first-order valence-corrected chi connectivity index (χ1v) is 12.8. The van der Waals surface area contributed by atoms with E-state index < -0.39 is 10.9 Å². The molecule has 1 aliphatic rings. The molecule has 184 valence electrons. The smallest absolute Gasteiger partial charge is 0.363 e. The van der Waals surface area contributed by atoms with Gasteiger partial charge in [0.15, 0.2) is 17.2 Å². The van der Waals surface area contributed by atoms with Crippen molar-refractivity contribution in [2.45, 2.75) is 13.5 Å². The summed E-state index contributed by atoms with van der Waals surface area (Å²) in [5.74, 6) is 0.326. The van der Waals surface area contributed by atoms with Gasteiger partial charge in [-0.1, -0.05) is 23.7 Å². The van der Waals surface area contributed by atoms with Crippen LogP contribution in [-0.2, 0) is 16.1 Å². The van der Waals surface area contributed by atoms with Gasteiger partial charge in [0.2, 0.25) is 5.90 Å². The van der Waals surface area contributed by atoms with Crippen LogP contribution in [0.1, 0.15) is 23.6 Å². The van der Waals surface area contributed by atoms with Crippen LogP contribution in [0.25, 0.3) is 6.08 Å². The van der Waals surface area contributed by atoms with Gasteiger partial charge in [-0.3, -0.25) is 10.1 Å². The molecule has 0 radical (unpaired) electrons. The van der Waals surface area contributed by atoms with Crippen molar-refractivity contribution >= 4 is 73.8 Å². The fraction of sp³-hybridized carbons (Fsp3) is 0.120. The molecule has 0 aromatic heterocycles. The maximum atomic E-state index is 12.5. The average molecular weight is 684 g/mol. The molecule has 0 unspecified atom stereocenters. The number of ether oxygens (including phenoxy) is 3. The maximum absolute atomic E-state index is 12.5. The third-order valence-electron chi connectivity index (χ3n) is 4.92. The number of cyclic esters (lactones) is 1. The topological polar surface area (TPSA) is 100 Å². The number of aliphatic imine (C=N–C) groups is 1. The van der Waals surface area contributed by atoms with Crippen LogP contribution in [0.3, 0.4) is 0 Å². The van der Waals surface area contributed by atoms with E-state index in [1.807, 2.05) is 31.2 Å². The summed E-state index contributed by atoms with van der Waals surface area (Å²) in [6, 6.07) is 15.3. The first kappa shape index (κ1) is 26.1. The minimum atomic E-state index is -0.674. The van der Waals surface area contributed by atoms with Crippen LogP contribution < -0.4 is 9.47 Å². The van der Waals surface area contributed by atoms with E-state index in [9.17, 15) is 14.9 Å². The lowest BCUT2D eigenvalue weighted by Gasteiger charge is -2.15. The van der Waals surface area contributed by atoms with Gasteiger partial charge in [-0.2, -0.15) is 0 Å². The molecule has 4 rings (SSSR count). The lowest BCUT2D eigenvalue weighted by Crippen LogP contribution is -2.06. The Morgan fingerprint density at radius 2 is 2.00 bits per heavy atom. The molecular formula is C25H17BrClIN2O6. The van der Waals surface area contributed by atoms with Crippen molar-refractivity contribution in [3.63, 3.8) is 0 Å². The molecule has 0 N–H and O–H groups in total. The van der Waals surface area contributed by atoms with E-state index in [1.165, 1.54) is 18.2 Å². The Kier molecular flexibility index (Phi) is 8.27. The second-order valence-electron chi connectivity index (χ2n) is 7.44.